The Hall–Kier alpha value is -1.77. The molecule has 0 fully saturated rings. The third kappa shape index (κ3) is 3.31. The van der Waals surface area contributed by atoms with Crippen molar-refractivity contribution in [2.75, 3.05) is 12.8 Å². The minimum atomic E-state index is -0.245. The summed E-state index contributed by atoms with van der Waals surface area (Å²) in [6.07, 6.45) is 3.87. The van der Waals surface area contributed by atoms with E-state index in [1.54, 1.807) is 6.08 Å². The molecule has 0 aliphatic rings. The zero-order chi connectivity index (χ0) is 10.4. The van der Waals surface area contributed by atoms with Crippen LogP contribution >= 0.6 is 0 Å². The van der Waals surface area contributed by atoms with Gasteiger partial charge in [-0.25, -0.2) is 0 Å². The molecule has 0 amide bonds. The van der Waals surface area contributed by atoms with Gasteiger partial charge < -0.3 is 10.5 Å². The lowest BCUT2D eigenvalue weighted by Crippen LogP contribution is -1.96. The summed E-state index contributed by atoms with van der Waals surface area (Å²) in [5.74, 6) is -0.245. The summed E-state index contributed by atoms with van der Waals surface area (Å²) in [6.45, 7) is 0. The first kappa shape index (κ1) is 10.3. The fourth-order valence-corrected chi connectivity index (χ4v) is 1.04. The fraction of sp³-hybridized carbons (Fsp3) is 0.182. The molecule has 1 rings (SSSR count). The number of carbonyl (C=O) groups excluding carboxylic acids is 1. The van der Waals surface area contributed by atoms with E-state index in [0.29, 0.717) is 5.69 Å². The minimum Gasteiger partial charge on any atom is -0.469 e. The third-order valence-corrected chi connectivity index (χ3v) is 1.73. The van der Waals surface area contributed by atoms with E-state index < -0.39 is 0 Å². The number of rotatable bonds is 3. The van der Waals surface area contributed by atoms with Gasteiger partial charge in [0, 0.05) is 5.69 Å². The van der Waals surface area contributed by atoms with Gasteiger partial charge in [0.15, 0.2) is 0 Å². The number of nitrogen functional groups attached to an aromatic ring is 1. The van der Waals surface area contributed by atoms with E-state index in [-0.39, 0.29) is 12.4 Å². The zero-order valence-electron chi connectivity index (χ0n) is 8.07. The second-order valence-corrected chi connectivity index (χ2v) is 2.85. The summed E-state index contributed by atoms with van der Waals surface area (Å²) in [6, 6.07) is 7.45. The molecule has 0 spiro atoms. The van der Waals surface area contributed by atoms with Gasteiger partial charge in [0.25, 0.3) is 0 Å². The molecule has 74 valence electrons. The van der Waals surface area contributed by atoms with Crippen molar-refractivity contribution in [1.82, 2.24) is 0 Å². The van der Waals surface area contributed by atoms with Crippen molar-refractivity contribution in [3.8, 4) is 0 Å². The maximum atomic E-state index is 10.8. The number of hydrogen-bond donors (Lipinski definition) is 1. The molecule has 0 radical (unpaired) electrons. The summed E-state index contributed by atoms with van der Waals surface area (Å²) < 4.78 is 4.50. The average molecular weight is 191 g/mol. The highest BCUT2D eigenvalue weighted by atomic mass is 16.5. The van der Waals surface area contributed by atoms with Crippen LogP contribution in [0.2, 0.25) is 0 Å². The lowest BCUT2D eigenvalue weighted by Gasteiger charge is -1.95. The molecule has 3 heteroatoms. The van der Waals surface area contributed by atoms with Gasteiger partial charge in [-0.2, -0.15) is 0 Å². The molecule has 0 unspecified atom stereocenters. The van der Waals surface area contributed by atoms with Crippen LogP contribution in [0.25, 0.3) is 6.08 Å². The van der Waals surface area contributed by atoms with E-state index in [2.05, 4.69) is 4.74 Å². The molecule has 1 aromatic carbocycles. The van der Waals surface area contributed by atoms with Crippen molar-refractivity contribution < 1.29 is 9.53 Å². The molecule has 0 heterocycles. The number of benzene rings is 1. The smallest absolute Gasteiger partial charge is 0.309 e. The normalized spacial score (nSPS) is 10.4. The Balaban J connectivity index is 2.56. The van der Waals surface area contributed by atoms with Crippen LogP contribution < -0.4 is 5.73 Å². The van der Waals surface area contributed by atoms with Gasteiger partial charge in [-0.1, -0.05) is 24.3 Å². The van der Waals surface area contributed by atoms with Crippen LogP contribution in [0.15, 0.2) is 30.3 Å². The second-order valence-electron chi connectivity index (χ2n) is 2.85. The quantitative estimate of drug-likeness (QED) is 0.586. The van der Waals surface area contributed by atoms with Gasteiger partial charge >= 0.3 is 5.97 Å². The summed E-state index contributed by atoms with van der Waals surface area (Å²) >= 11 is 0. The topological polar surface area (TPSA) is 52.3 Å². The summed E-state index contributed by atoms with van der Waals surface area (Å²) in [5, 5.41) is 0. The monoisotopic (exact) mass is 191 g/mol. The molecule has 2 N–H and O–H groups in total. The lowest BCUT2D eigenvalue weighted by atomic mass is 10.2. The molecule has 0 aliphatic heterocycles. The van der Waals surface area contributed by atoms with Gasteiger partial charge in [0.1, 0.15) is 0 Å². The van der Waals surface area contributed by atoms with Crippen LogP contribution in [0.4, 0.5) is 5.69 Å². The molecule has 0 atom stereocenters. The van der Waals surface area contributed by atoms with E-state index in [9.17, 15) is 4.79 Å². The van der Waals surface area contributed by atoms with Gasteiger partial charge in [-0.05, 0) is 17.7 Å². The first-order chi connectivity index (χ1) is 6.72. The first-order valence-electron chi connectivity index (χ1n) is 4.31. The number of carbonyl (C=O) groups is 1. The van der Waals surface area contributed by atoms with Crippen LogP contribution in [0.3, 0.4) is 0 Å². The Morgan fingerprint density at radius 2 is 2.36 bits per heavy atom. The van der Waals surface area contributed by atoms with Crippen molar-refractivity contribution >= 4 is 17.7 Å². The van der Waals surface area contributed by atoms with Crippen LogP contribution in [-0.4, -0.2) is 13.1 Å². The average Bonchev–Trinajstić information content (AvgIpc) is 2.17. The minimum absolute atomic E-state index is 0.245. The van der Waals surface area contributed by atoms with Crippen molar-refractivity contribution in [2.24, 2.45) is 0 Å². The van der Waals surface area contributed by atoms with Gasteiger partial charge in [0.05, 0.1) is 13.5 Å². The molecule has 3 nitrogen and oxygen atoms in total. The van der Waals surface area contributed by atoms with Gasteiger partial charge in [-0.15, -0.1) is 0 Å². The maximum absolute atomic E-state index is 10.8. The number of hydrogen-bond acceptors (Lipinski definition) is 3. The first-order valence-corrected chi connectivity index (χ1v) is 4.31. The Labute approximate surface area is 83.2 Å². The molecular weight excluding hydrogens is 178 g/mol. The van der Waals surface area contributed by atoms with Crippen LogP contribution in [0.5, 0.6) is 0 Å². The fourth-order valence-electron chi connectivity index (χ4n) is 1.04. The van der Waals surface area contributed by atoms with E-state index in [0.717, 1.165) is 5.56 Å². The number of methoxy groups -OCH3 is 1. The number of esters is 1. The van der Waals surface area contributed by atoms with Crippen molar-refractivity contribution in [1.29, 1.82) is 0 Å². The maximum Gasteiger partial charge on any atom is 0.309 e. The van der Waals surface area contributed by atoms with Crippen molar-refractivity contribution in [3.05, 3.63) is 35.9 Å². The Bertz CT molecular complexity index is 345. The molecule has 14 heavy (non-hydrogen) atoms. The lowest BCUT2D eigenvalue weighted by molar-refractivity contribution is -0.139. The predicted octanol–water partition coefficient (Wildman–Crippen LogP) is 1.85. The SMILES string of the molecule is COC(=O)C/C=C/c1cccc(N)c1. The summed E-state index contributed by atoms with van der Waals surface area (Å²) in [4.78, 5) is 10.8. The van der Waals surface area contributed by atoms with Gasteiger partial charge in [0.2, 0.25) is 0 Å². The largest absolute Gasteiger partial charge is 0.469 e. The number of anilines is 1. The highest BCUT2D eigenvalue weighted by Gasteiger charge is 1.94. The van der Waals surface area contributed by atoms with Crippen LogP contribution in [0.1, 0.15) is 12.0 Å². The molecule has 0 aromatic heterocycles. The van der Waals surface area contributed by atoms with Crippen LogP contribution in [0, 0.1) is 0 Å². The number of nitrogens with two attached hydrogens (primary N) is 1. The Morgan fingerprint density at radius 1 is 1.57 bits per heavy atom. The van der Waals surface area contributed by atoms with Crippen molar-refractivity contribution in [3.63, 3.8) is 0 Å². The molecule has 1 aromatic rings. The summed E-state index contributed by atoms with van der Waals surface area (Å²) in [5.41, 5.74) is 7.28. The zero-order valence-corrected chi connectivity index (χ0v) is 8.07. The van der Waals surface area contributed by atoms with Crippen molar-refractivity contribution in [2.45, 2.75) is 6.42 Å². The predicted molar refractivity (Wildman–Crippen MR) is 56.5 cm³/mol. The van der Waals surface area contributed by atoms with Crippen LogP contribution in [-0.2, 0) is 9.53 Å². The van der Waals surface area contributed by atoms with E-state index >= 15 is 0 Å². The van der Waals surface area contributed by atoms with E-state index in [1.807, 2.05) is 30.3 Å². The summed E-state index contributed by atoms with van der Waals surface area (Å²) in [7, 11) is 1.37. The highest BCUT2D eigenvalue weighted by molar-refractivity contribution is 5.72. The molecule has 0 saturated heterocycles. The van der Waals surface area contributed by atoms with Gasteiger partial charge in [-0.3, -0.25) is 4.79 Å². The molecule has 0 bridgehead atoms. The second kappa shape index (κ2) is 5.07. The van der Waals surface area contributed by atoms with E-state index in [1.165, 1.54) is 7.11 Å². The highest BCUT2D eigenvalue weighted by Crippen LogP contribution is 2.08. The Kier molecular flexibility index (Phi) is 3.73. The third-order valence-electron chi connectivity index (χ3n) is 1.73. The van der Waals surface area contributed by atoms with E-state index in [4.69, 9.17) is 5.73 Å². The Morgan fingerprint density at radius 3 is 3.00 bits per heavy atom. The molecule has 0 aliphatic carbocycles. The molecule has 0 saturated carbocycles. The number of ether oxygens (including phenoxy) is 1. The standard InChI is InChI=1S/C11H13NO2/c1-14-11(13)7-3-5-9-4-2-6-10(12)8-9/h2-6,8H,7,12H2,1H3/b5-3+. The molecular formula is C11H13NO2.